The van der Waals surface area contributed by atoms with Gasteiger partial charge in [-0.15, -0.1) is 0 Å². The van der Waals surface area contributed by atoms with E-state index in [0.717, 1.165) is 0 Å². The number of urea groups is 1. The van der Waals surface area contributed by atoms with Gasteiger partial charge in [0.25, 0.3) is 0 Å². The molecule has 0 radical (unpaired) electrons. The Morgan fingerprint density at radius 2 is 1.27 bits per heavy atom. The second kappa shape index (κ2) is 8.61. The maximum Gasteiger partial charge on any atom is 0.323 e. The third-order valence-electron chi connectivity index (χ3n) is 3.44. The van der Waals surface area contributed by atoms with E-state index in [1.165, 1.54) is 28.3 Å². The quantitative estimate of drug-likeness (QED) is 0.735. The zero-order valence-corrected chi connectivity index (χ0v) is 15.0. The summed E-state index contributed by atoms with van der Waals surface area (Å²) in [6, 6.07) is 9.66. The van der Waals surface area contributed by atoms with Gasteiger partial charge in [-0.05, 0) is 18.2 Å². The lowest BCUT2D eigenvalue weighted by Crippen LogP contribution is -2.20. The zero-order valence-electron chi connectivity index (χ0n) is 15.0. The number of anilines is 3. The van der Waals surface area contributed by atoms with Crippen LogP contribution in [0.5, 0.6) is 17.2 Å². The maximum absolute atomic E-state index is 12.4. The second-order valence-corrected chi connectivity index (χ2v) is 5.21. The lowest BCUT2D eigenvalue weighted by molar-refractivity contribution is -0.114. The molecule has 3 N–H and O–H groups in total. The van der Waals surface area contributed by atoms with Crippen molar-refractivity contribution in [2.75, 3.05) is 37.3 Å². The molecule has 26 heavy (non-hydrogen) atoms. The normalized spacial score (nSPS) is 9.85. The molecule has 0 atom stereocenters. The first-order chi connectivity index (χ1) is 12.5. The maximum atomic E-state index is 12.4. The molecule has 138 valence electrons. The van der Waals surface area contributed by atoms with Gasteiger partial charge in [0.15, 0.2) is 0 Å². The van der Waals surface area contributed by atoms with Gasteiger partial charge < -0.3 is 30.2 Å². The summed E-state index contributed by atoms with van der Waals surface area (Å²) >= 11 is 0. The molecular formula is C18H21N3O5. The van der Waals surface area contributed by atoms with Crippen LogP contribution in [-0.4, -0.2) is 33.3 Å². The number of carbonyl (C=O) groups excluding carboxylic acids is 2. The highest BCUT2D eigenvalue weighted by atomic mass is 16.5. The summed E-state index contributed by atoms with van der Waals surface area (Å²) in [5.74, 6) is 1.06. The van der Waals surface area contributed by atoms with E-state index in [1.54, 1.807) is 36.4 Å². The van der Waals surface area contributed by atoms with Crippen LogP contribution in [-0.2, 0) is 4.79 Å². The fourth-order valence-corrected chi connectivity index (χ4v) is 2.31. The lowest BCUT2D eigenvalue weighted by Gasteiger charge is -2.16. The summed E-state index contributed by atoms with van der Waals surface area (Å²) in [6.07, 6.45) is 0. The third-order valence-corrected chi connectivity index (χ3v) is 3.44. The van der Waals surface area contributed by atoms with Crippen molar-refractivity contribution in [2.24, 2.45) is 0 Å². The Kier molecular flexibility index (Phi) is 6.26. The van der Waals surface area contributed by atoms with Crippen LogP contribution >= 0.6 is 0 Å². The molecule has 0 aliphatic heterocycles. The third kappa shape index (κ3) is 4.56. The number of hydrogen-bond acceptors (Lipinski definition) is 5. The number of ether oxygens (including phenoxy) is 3. The Balaban J connectivity index is 2.26. The molecule has 2 aromatic carbocycles. The molecule has 0 heterocycles. The van der Waals surface area contributed by atoms with Crippen molar-refractivity contribution in [3.63, 3.8) is 0 Å². The first kappa shape index (κ1) is 18.9. The van der Waals surface area contributed by atoms with Crippen molar-refractivity contribution in [3.05, 3.63) is 36.4 Å². The SMILES string of the molecule is COc1cc(OC)c(NC(=O)Nc2ccccc2OC)cc1NC(C)=O. The molecule has 8 heteroatoms. The largest absolute Gasteiger partial charge is 0.495 e. The van der Waals surface area contributed by atoms with Crippen LogP contribution in [0.4, 0.5) is 21.9 Å². The van der Waals surface area contributed by atoms with Crippen LogP contribution in [0.1, 0.15) is 6.92 Å². The standard InChI is InChI=1S/C18H21N3O5/c1-11(22)19-13-9-14(17(26-4)10-16(13)25-3)21-18(23)20-12-7-5-6-8-15(12)24-2/h5-10H,1-4H3,(H,19,22)(H2,20,21,23). The number of rotatable bonds is 6. The Morgan fingerprint density at radius 1 is 0.731 bits per heavy atom. The summed E-state index contributed by atoms with van der Waals surface area (Å²) in [4.78, 5) is 23.7. The van der Waals surface area contributed by atoms with E-state index < -0.39 is 6.03 Å². The fourth-order valence-electron chi connectivity index (χ4n) is 2.31. The number of hydrogen-bond donors (Lipinski definition) is 3. The second-order valence-electron chi connectivity index (χ2n) is 5.21. The molecule has 0 aliphatic carbocycles. The average Bonchev–Trinajstić information content (AvgIpc) is 2.62. The smallest absolute Gasteiger partial charge is 0.323 e. The van der Waals surface area contributed by atoms with Crippen molar-refractivity contribution >= 4 is 29.0 Å². The van der Waals surface area contributed by atoms with Crippen molar-refractivity contribution < 1.29 is 23.8 Å². The molecule has 2 aromatic rings. The van der Waals surface area contributed by atoms with E-state index in [0.29, 0.717) is 34.3 Å². The van der Waals surface area contributed by atoms with Crippen LogP contribution in [0.25, 0.3) is 0 Å². The van der Waals surface area contributed by atoms with Crippen LogP contribution in [0.2, 0.25) is 0 Å². The minimum atomic E-state index is -0.494. The summed E-state index contributed by atoms with van der Waals surface area (Å²) in [5, 5.41) is 8.04. The van der Waals surface area contributed by atoms with Crippen molar-refractivity contribution in [1.82, 2.24) is 0 Å². The predicted molar refractivity (Wildman–Crippen MR) is 99.5 cm³/mol. The minimum absolute atomic E-state index is 0.266. The monoisotopic (exact) mass is 359 g/mol. The van der Waals surface area contributed by atoms with Crippen LogP contribution in [0.3, 0.4) is 0 Å². The summed E-state index contributed by atoms with van der Waals surface area (Å²) in [7, 11) is 4.46. The highest BCUT2D eigenvalue weighted by molar-refractivity contribution is 6.02. The number of methoxy groups -OCH3 is 3. The van der Waals surface area contributed by atoms with Gasteiger partial charge in [-0.25, -0.2) is 4.79 Å². The Labute approximate surface area is 151 Å². The molecule has 0 aromatic heterocycles. The topological polar surface area (TPSA) is 97.9 Å². The molecule has 8 nitrogen and oxygen atoms in total. The first-order valence-electron chi connectivity index (χ1n) is 7.73. The summed E-state index contributed by atoms with van der Waals surface area (Å²) < 4.78 is 15.7. The van der Waals surface area contributed by atoms with E-state index in [9.17, 15) is 9.59 Å². The van der Waals surface area contributed by atoms with Gasteiger partial charge >= 0.3 is 6.03 Å². The average molecular weight is 359 g/mol. The first-order valence-corrected chi connectivity index (χ1v) is 7.73. The van der Waals surface area contributed by atoms with Gasteiger partial charge in [0.2, 0.25) is 5.91 Å². The number of para-hydroxylation sites is 2. The number of nitrogens with one attached hydrogen (secondary N) is 3. The molecule has 0 fully saturated rings. The van der Waals surface area contributed by atoms with E-state index in [2.05, 4.69) is 16.0 Å². The number of benzene rings is 2. The molecule has 3 amide bonds. The van der Waals surface area contributed by atoms with Gasteiger partial charge in [-0.2, -0.15) is 0 Å². The predicted octanol–water partition coefficient (Wildman–Crippen LogP) is 3.31. The van der Waals surface area contributed by atoms with Crippen LogP contribution < -0.4 is 30.2 Å². The molecule has 0 saturated heterocycles. The van der Waals surface area contributed by atoms with Crippen LogP contribution in [0.15, 0.2) is 36.4 Å². The van der Waals surface area contributed by atoms with Crippen molar-refractivity contribution in [1.29, 1.82) is 0 Å². The fraction of sp³-hybridized carbons (Fsp3) is 0.222. The highest BCUT2D eigenvalue weighted by Gasteiger charge is 2.15. The van der Waals surface area contributed by atoms with E-state index in [-0.39, 0.29) is 5.91 Å². The minimum Gasteiger partial charge on any atom is -0.495 e. The van der Waals surface area contributed by atoms with Gasteiger partial charge in [-0.1, -0.05) is 12.1 Å². The van der Waals surface area contributed by atoms with Crippen molar-refractivity contribution in [3.8, 4) is 17.2 Å². The van der Waals surface area contributed by atoms with Gasteiger partial charge in [0.1, 0.15) is 17.2 Å². The molecular weight excluding hydrogens is 338 g/mol. The molecule has 0 unspecified atom stereocenters. The summed E-state index contributed by atoms with van der Waals surface area (Å²) in [6.45, 7) is 1.38. The van der Waals surface area contributed by atoms with Gasteiger partial charge in [-0.3, -0.25) is 4.79 Å². The van der Waals surface area contributed by atoms with E-state index >= 15 is 0 Å². The van der Waals surface area contributed by atoms with E-state index in [1.807, 2.05) is 0 Å². The molecule has 0 bridgehead atoms. The number of amides is 3. The highest BCUT2D eigenvalue weighted by Crippen LogP contribution is 2.36. The van der Waals surface area contributed by atoms with Gasteiger partial charge in [0, 0.05) is 13.0 Å². The van der Waals surface area contributed by atoms with Crippen LogP contribution in [0, 0.1) is 0 Å². The van der Waals surface area contributed by atoms with E-state index in [4.69, 9.17) is 14.2 Å². The summed E-state index contributed by atoms with van der Waals surface area (Å²) in [5.41, 5.74) is 1.29. The molecule has 0 aliphatic rings. The molecule has 0 spiro atoms. The molecule has 0 saturated carbocycles. The molecule has 2 rings (SSSR count). The number of carbonyl (C=O) groups is 2. The van der Waals surface area contributed by atoms with Crippen molar-refractivity contribution in [2.45, 2.75) is 6.92 Å². The Bertz CT molecular complexity index is 807. The lowest BCUT2D eigenvalue weighted by atomic mass is 10.2. The zero-order chi connectivity index (χ0) is 19.1. The Morgan fingerprint density at radius 3 is 1.85 bits per heavy atom. The Hall–Kier alpha value is -3.42. The van der Waals surface area contributed by atoms with Gasteiger partial charge in [0.05, 0.1) is 38.4 Å².